The molecule has 0 aliphatic carbocycles. The van der Waals surface area contributed by atoms with E-state index in [1.807, 2.05) is 0 Å². The topological polar surface area (TPSA) is 118 Å². The Morgan fingerprint density at radius 2 is 2.25 bits per heavy atom. The number of H-pyrrole nitrogens is 2. The summed E-state index contributed by atoms with van der Waals surface area (Å²) in [5.74, 6) is -2.80. The third-order valence-electron chi connectivity index (χ3n) is 4.39. The summed E-state index contributed by atoms with van der Waals surface area (Å²) >= 11 is 0. The SMILES string of the molecule is O=C(NC[C@H]1CCCO1)c1ncc(-c2n[nH]c(=O)n2-c2cccc(F)c2F)[nH]1. The predicted molar refractivity (Wildman–Crippen MR) is 93.0 cm³/mol. The van der Waals surface area contributed by atoms with E-state index in [1.54, 1.807) is 0 Å². The lowest BCUT2D eigenvalue weighted by atomic mass is 10.2. The molecule has 1 atom stereocenters. The number of hydrogen-bond donors (Lipinski definition) is 3. The average Bonchev–Trinajstić information content (AvgIpc) is 3.43. The lowest BCUT2D eigenvalue weighted by Gasteiger charge is -2.09. The number of carbonyl (C=O) groups is 1. The monoisotopic (exact) mass is 390 g/mol. The minimum Gasteiger partial charge on any atom is -0.376 e. The highest BCUT2D eigenvalue weighted by Gasteiger charge is 2.21. The fourth-order valence-corrected chi connectivity index (χ4v) is 3.01. The fourth-order valence-electron chi connectivity index (χ4n) is 3.01. The highest BCUT2D eigenvalue weighted by molar-refractivity contribution is 5.91. The van der Waals surface area contributed by atoms with E-state index < -0.39 is 23.2 Å². The van der Waals surface area contributed by atoms with Gasteiger partial charge in [-0.05, 0) is 25.0 Å². The summed E-state index contributed by atoms with van der Waals surface area (Å²) in [6, 6.07) is 3.45. The molecule has 0 bridgehead atoms. The van der Waals surface area contributed by atoms with Crippen LogP contribution in [0.2, 0.25) is 0 Å². The molecule has 1 aliphatic heterocycles. The third kappa shape index (κ3) is 3.31. The summed E-state index contributed by atoms with van der Waals surface area (Å²) in [7, 11) is 0. The van der Waals surface area contributed by atoms with Gasteiger partial charge < -0.3 is 15.0 Å². The first-order valence-corrected chi connectivity index (χ1v) is 8.61. The van der Waals surface area contributed by atoms with Gasteiger partial charge >= 0.3 is 5.69 Å². The highest BCUT2D eigenvalue weighted by Crippen LogP contribution is 2.20. The first kappa shape index (κ1) is 18.0. The van der Waals surface area contributed by atoms with E-state index in [2.05, 4.69) is 25.5 Å². The van der Waals surface area contributed by atoms with Crippen molar-refractivity contribution >= 4 is 5.91 Å². The zero-order valence-electron chi connectivity index (χ0n) is 14.5. The van der Waals surface area contributed by atoms with E-state index in [4.69, 9.17) is 4.74 Å². The fraction of sp³-hybridized carbons (Fsp3) is 0.294. The van der Waals surface area contributed by atoms with Crippen LogP contribution in [0.1, 0.15) is 23.5 Å². The van der Waals surface area contributed by atoms with Crippen LogP contribution in [-0.4, -0.2) is 49.9 Å². The second-order valence-corrected chi connectivity index (χ2v) is 6.25. The maximum atomic E-state index is 14.1. The first-order chi connectivity index (χ1) is 13.5. The Hall–Kier alpha value is -3.34. The van der Waals surface area contributed by atoms with Crippen molar-refractivity contribution in [3.05, 3.63) is 52.3 Å². The Balaban J connectivity index is 1.60. The second-order valence-electron chi connectivity index (χ2n) is 6.25. The van der Waals surface area contributed by atoms with Crippen molar-refractivity contribution in [1.29, 1.82) is 0 Å². The molecule has 0 saturated carbocycles. The van der Waals surface area contributed by atoms with Crippen LogP contribution in [0.4, 0.5) is 8.78 Å². The van der Waals surface area contributed by atoms with Crippen LogP contribution in [-0.2, 0) is 4.74 Å². The number of halogens is 2. The molecule has 0 unspecified atom stereocenters. The molecule has 9 nitrogen and oxygen atoms in total. The van der Waals surface area contributed by atoms with Gasteiger partial charge in [0.2, 0.25) is 0 Å². The van der Waals surface area contributed by atoms with Gasteiger partial charge in [0.15, 0.2) is 23.3 Å². The summed E-state index contributed by atoms with van der Waals surface area (Å²) in [5, 5.41) is 8.72. The number of rotatable bonds is 5. The smallest absolute Gasteiger partial charge is 0.348 e. The minimum absolute atomic E-state index is 0.00490. The zero-order chi connectivity index (χ0) is 19.7. The minimum atomic E-state index is -1.19. The first-order valence-electron chi connectivity index (χ1n) is 8.61. The molecule has 28 heavy (non-hydrogen) atoms. The molecule has 0 radical (unpaired) electrons. The van der Waals surface area contributed by atoms with E-state index in [0.717, 1.165) is 23.5 Å². The van der Waals surface area contributed by atoms with Crippen LogP contribution >= 0.6 is 0 Å². The molecular weight excluding hydrogens is 374 g/mol. The van der Waals surface area contributed by atoms with Gasteiger partial charge in [-0.25, -0.2) is 28.2 Å². The van der Waals surface area contributed by atoms with Crippen LogP contribution in [0.15, 0.2) is 29.2 Å². The van der Waals surface area contributed by atoms with Crippen LogP contribution in [0.25, 0.3) is 17.2 Å². The molecule has 1 saturated heterocycles. The van der Waals surface area contributed by atoms with Crippen molar-refractivity contribution in [2.24, 2.45) is 0 Å². The molecular formula is C17H16F2N6O3. The number of hydrogen-bond acceptors (Lipinski definition) is 5. The summed E-state index contributed by atoms with van der Waals surface area (Å²) in [5.41, 5.74) is -0.893. The van der Waals surface area contributed by atoms with Gasteiger partial charge in [-0.3, -0.25) is 4.79 Å². The lowest BCUT2D eigenvalue weighted by molar-refractivity contribution is 0.0850. The van der Waals surface area contributed by atoms with Crippen LogP contribution in [0, 0.1) is 11.6 Å². The molecule has 1 aliphatic rings. The lowest BCUT2D eigenvalue weighted by Crippen LogP contribution is -2.32. The van der Waals surface area contributed by atoms with Crippen molar-refractivity contribution < 1.29 is 18.3 Å². The molecule has 0 spiro atoms. The van der Waals surface area contributed by atoms with Gasteiger partial charge in [0, 0.05) is 13.2 Å². The second kappa shape index (κ2) is 7.35. The molecule has 2 aromatic heterocycles. The van der Waals surface area contributed by atoms with Crippen LogP contribution in [0.3, 0.4) is 0 Å². The number of amides is 1. The number of aromatic nitrogens is 5. The highest BCUT2D eigenvalue weighted by atomic mass is 19.2. The Bertz CT molecular complexity index is 1070. The van der Waals surface area contributed by atoms with Crippen molar-refractivity contribution in [2.45, 2.75) is 18.9 Å². The van der Waals surface area contributed by atoms with Gasteiger partial charge in [-0.2, -0.15) is 5.10 Å². The Morgan fingerprint density at radius 1 is 1.39 bits per heavy atom. The maximum absolute atomic E-state index is 14.1. The van der Waals surface area contributed by atoms with E-state index in [0.29, 0.717) is 13.2 Å². The number of benzene rings is 1. The largest absolute Gasteiger partial charge is 0.376 e. The van der Waals surface area contributed by atoms with Gasteiger partial charge in [0.1, 0.15) is 5.69 Å². The summed E-state index contributed by atoms with van der Waals surface area (Å²) < 4.78 is 34.0. The van der Waals surface area contributed by atoms with Gasteiger partial charge in [0.05, 0.1) is 18.0 Å². The zero-order valence-corrected chi connectivity index (χ0v) is 14.5. The van der Waals surface area contributed by atoms with Crippen molar-refractivity contribution in [2.75, 3.05) is 13.2 Å². The number of nitrogens with zero attached hydrogens (tertiary/aromatic N) is 3. The predicted octanol–water partition coefficient (Wildman–Crippen LogP) is 1.14. The van der Waals surface area contributed by atoms with Crippen LogP contribution in [0.5, 0.6) is 0 Å². The normalized spacial score (nSPS) is 16.4. The van der Waals surface area contributed by atoms with Crippen LogP contribution < -0.4 is 11.0 Å². The molecule has 1 aromatic carbocycles. The molecule has 1 amide bonds. The molecule has 3 N–H and O–H groups in total. The number of aromatic amines is 2. The van der Waals surface area contributed by atoms with E-state index in [-0.39, 0.29) is 29.1 Å². The van der Waals surface area contributed by atoms with E-state index in [9.17, 15) is 18.4 Å². The number of carbonyl (C=O) groups excluding carboxylic acids is 1. The van der Waals surface area contributed by atoms with E-state index >= 15 is 0 Å². The summed E-state index contributed by atoms with van der Waals surface area (Å²) in [4.78, 5) is 31.1. The molecule has 146 valence electrons. The number of ether oxygens (including phenoxy) is 1. The molecule has 11 heteroatoms. The average molecular weight is 390 g/mol. The van der Waals surface area contributed by atoms with Gasteiger partial charge in [0.25, 0.3) is 5.91 Å². The quantitative estimate of drug-likeness (QED) is 0.604. The number of nitrogens with one attached hydrogen (secondary N) is 3. The Labute approximate surface area is 156 Å². The molecule has 1 fully saturated rings. The van der Waals surface area contributed by atoms with Gasteiger partial charge in [-0.15, -0.1) is 0 Å². The molecule has 3 heterocycles. The Kier molecular flexibility index (Phi) is 4.74. The van der Waals surface area contributed by atoms with Crippen molar-refractivity contribution in [3.63, 3.8) is 0 Å². The molecule has 4 rings (SSSR count). The van der Waals surface area contributed by atoms with E-state index in [1.165, 1.54) is 18.3 Å². The molecule has 3 aromatic rings. The van der Waals surface area contributed by atoms with Gasteiger partial charge in [-0.1, -0.05) is 6.07 Å². The third-order valence-corrected chi connectivity index (χ3v) is 4.39. The van der Waals surface area contributed by atoms with Crippen molar-refractivity contribution in [3.8, 4) is 17.2 Å². The van der Waals surface area contributed by atoms with Crippen molar-refractivity contribution in [1.82, 2.24) is 30.0 Å². The summed E-state index contributed by atoms with van der Waals surface area (Å²) in [6.07, 6.45) is 3.09. The summed E-state index contributed by atoms with van der Waals surface area (Å²) in [6.45, 7) is 1.04. The standard InChI is InChI=1S/C17H16F2N6O3/c18-10-4-1-5-12(13(10)19)25-15(23-24-17(25)27)11-8-20-14(22-11)16(26)21-7-9-3-2-6-28-9/h1,4-5,8-9H,2-3,6-7H2,(H,20,22)(H,21,26)(H,24,27)/t9-/m1/s1. The Morgan fingerprint density at radius 3 is 3.04 bits per heavy atom. The maximum Gasteiger partial charge on any atom is 0.348 e. The number of imidazole rings is 1.